The van der Waals surface area contributed by atoms with Crippen molar-refractivity contribution in [1.29, 1.82) is 0 Å². The molecule has 4 N–H and O–H groups in total. The maximum absolute atomic E-state index is 11.5. The molecule has 100 valence electrons. The molecule has 0 rings (SSSR count). The van der Waals surface area contributed by atoms with Crippen molar-refractivity contribution in [2.24, 2.45) is 11.5 Å². The van der Waals surface area contributed by atoms with Gasteiger partial charge in [-0.15, -0.1) is 0 Å². The molecule has 0 aliphatic heterocycles. The van der Waals surface area contributed by atoms with E-state index < -0.39 is 17.4 Å². The number of nitrogens with two attached hydrogens (primary N) is 2. The smallest absolute Gasteiger partial charge is 0.249 e. The minimum Gasteiger partial charge on any atom is -0.368 e. The van der Waals surface area contributed by atoms with Crippen LogP contribution in [0.25, 0.3) is 0 Å². The number of carbonyl (C=O) groups excluding carboxylic acids is 2. The first kappa shape index (κ1) is 15.9. The van der Waals surface area contributed by atoms with Gasteiger partial charge < -0.3 is 16.2 Å². The third-order valence-electron chi connectivity index (χ3n) is 2.95. The predicted octanol–water partition coefficient (Wildman–Crippen LogP) is 1.09. The van der Waals surface area contributed by atoms with Gasteiger partial charge in [-0.25, -0.2) is 0 Å². The maximum Gasteiger partial charge on any atom is 0.249 e. The summed E-state index contributed by atoms with van der Waals surface area (Å²) in [5.41, 5.74) is 9.34. The Morgan fingerprint density at radius 1 is 1.12 bits per heavy atom. The van der Waals surface area contributed by atoms with E-state index in [9.17, 15) is 9.59 Å². The summed E-state index contributed by atoms with van der Waals surface area (Å²) >= 11 is 0. The van der Waals surface area contributed by atoms with E-state index >= 15 is 0 Å². The number of unbranched alkanes of at least 4 members (excludes halogenated alkanes) is 3. The number of hydrogen-bond donors (Lipinski definition) is 2. The summed E-state index contributed by atoms with van der Waals surface area (Å²) in [4.78, 5) is 22.2. The molecule has 17 heavy (non-hydrogen) atoms. The van der Waals surface area contributed by atoms with Crippen LogP contribution in [-0.2, 0) is 14.3 Å². The normalized spacial score (nSPS) is 14.2. The zero-order valence-electron chi connectivity index (χ0n) is 10.8. The van der Waals surface area contributed by atoms with Gasteiger partial charge in [0.25, 0.3) is 0 Å². The minimum atomic E-state index is -1.04. The van der Waals surface area contributed by atoms with Crippen molar-refractivity contribution in [1.82, 2.24) is 0 Å². The first-order chi connectivity index (χ1) is 7.98. The molecule has 0 aromatic heterocycles. The fourth-order valence-corrected chi connectivity index (χ4v) is 1.77. The first-order valence-electron chi connectivity index (χ1n) is 6.20. The van der Waals surface area contributed by atoms with Gasteiger partial charge in [0.15, 0.2) is 0 Å². The van der Waals surface area contributed by atoms with Crippen LogP contribution in [0.4, 0.5) is 0 Å². The standard InChI is InChI=1S/C12H24N2O3/c1-3-5-6-7-8-12(4-2,11(14)16)17-9-10(13)15/h3-9H2,1-2H3,(H2,13,15)(H2,14,16). The third-order valence-corrected chi connectivity index (χ3v) is 2.95. The Morgan fingerprint density at radius 2 is 1.76 bits per heavy atom. The molecule has 0 saturated heterocycles. The van der Waals surface area contributed by atoms with E-state index in [0.29, 0.717) is 12.8 Å². The average molecular weight is 244 g/mol. The third kappa shape index (κ3) is 5.68. The van der Waals surface area contributed by atoms with Gasteiger partial charge in [0, 0.05) is 0 Å². The Bertz CT molecular complexity index is 256. The van der Waals surface area contributed by atoms with Gasteiger partial charge in [-0.05, 0) is 12.8 Å². The van der Waals surface area contributed by atoms with Crippen molar-refractivity contribution < 1.29 is 14.3 Å². The van der Waals surface area contributed by atoms with Crippen LogP contribution in [0.5, 0.6) is 0 Å². The van der Waals surface area contributed by atoms with Crippen molar-refractivity contribution in [3.05, 3.63) is 0 Å². The topological polar surface area (TPSA) is 95.4 Å². The molecule has 0 radical (unpaired) electrons. The highest BCUT2D eigenvalue weighted by molar-refractivity contribution is 5.84. The molecule has 0 aromatic rings. The molecule has 0 saturated carbocycles. The van der Waals surface area contributed by atoms with Gasteiger partial charge in [0.2, 0.25) is 11.8 Å². The predicted molar refractivity (Wildman–Crippen MR) is 66.1 cm³/mol. The summed E-state index contributed by atoms with van der Waals surface area (Å²) in [5.74, 6) is -1.10. The second-order valence-electron chi connectivity index (χ2n) is 4.28. The van der Waals surface area contributed by atoms with Crippen LogP contribution < -0.4 is 11.5 Å². The van der Waals surface area contributed by atoms with Crippen LogP contribution in [0.3, 0.4) is 0 Å². The molecular weight excluding hydrogens is 220 g/mol. The van der Waals surface area contributed by atoms with E-state index in [-0.39, 0.29) is 6.61 Å². The highest BCUT2D eigenvalue weighted by Gasteiger charge is 2.35. The number of primary amides is 2. The van der Waals surface area contributed by atoms with Crippen molar-refractivity contribution in [3.8, 4) is 0 Å². The fraction of sp³-hybridized carbons (Fsp3) is 0.833. The lowest BCUT2D eigenvalue weighted by molar-refractivity contribution is -0.150. The largest absolute Gasteiger partial charge is 0.368 e. The molecule has 0 aliphatic rings. The minimum absolute atomic E-state index is 0.259. The number of rotatable bonds is 10. The summed E-state index contributed by atoms with van der Waals surface area (Å²) in [6, 6.07) is 0. The second-order valence-corrected chi connectivity index (χ2v) is 4.28. The SMILES string of the molecule is CCCCCCC(CC)(OCC(N)=O)C(N)=O. The molecule has 0 fully saturated rings. The van der Waals surface area contributed by atoms with Gasteiger partial charge >= 0.3 is 0 Å². The molecule has 5 nitrogen and oxygen atoms in total. The van der Waals surface area contributed by atoms with Gasteiger partial charge in [0.05, 0.1) is 0 Å². The van der Waals surface area contributed by atoms with Crippen LogP contribution in [0, 0.1) is 0 Å². The van der Waals surface area contributed by atoms with Crippen molar-refractivity contribution >= 4 is 11.8 Å². The van der Waals surface area contributed by atoms with Crippen LogP contribution in [-0.4, -0.2) is 24.0 Å². The fourth-order valence-electron chi connectivity index (χ4n) is 1.77. The molecule has 0 aliphatic carbocycles. The van der Waals surface area contributed by atoms with Crippen molar-refractivity contribution in [3.63, 3.8) is 0 Å². The number of carbonyl (C=O) groups is 2. The molecule has 2 amide bonds. The quantitative estimate of drug-likeness (QED) is 0.563. The Morgan fingerprint density at radius 3 is 2.18 bits per heavy atom. The molecular formula is C12H24N2O3. The van der Waals surface area contributed by atoms with Crippen LogP contribution in [0.15, 0.2) is 0 Å². The highest BCUT2D eigenvalue weighted by Crippen LogP contribution is 2.23. The molecule has 0 bridgehead atoms. The average Bonchev–Trinajstić information content (AvgIpc) is 2.28. The Labute approximate surface area is 103 Å². The van der Waals surface area contributed by atoms with E-state index in [1.54, 1.807) is 0 Å². The Hall–Kier alpha value is -1.10. The summed E-state index contributed by atoms with van der Waals surface area (Å²) < 4.78 is 5.33. The number of hydrogen-bond acceptors (Lipinski definition) is 3. The first-order valence-corrected chi connectivity index (χ1v) is 6.20. The lowest BCUT2D eigenvalue weighted by Crippen LogP contribution is -2.47. The maximum atomic E-state index is 11.5. The van der Waals surface area contributed by atoms with Crippen molar-refractivity contribution in [2.75, 3.05) is 6.61 Å². The Balaban J connectivity index is 4.37. The summed E-state index contributed by atoms with van der Waals surface area (Å²) in [5, 5.41) is 0. The molecule has 1 unspecified atom stereocenters. The molecule has 0 heterocycles. The van der Waals surface area contributed by atoms with Crippen molar-refractivity contribution in [2.45, 2.75) is 58.0 Å². The molecule has 1 atom stereocenters. The van der Waals surface area contributed by atoms with Gasteiger partial charge in [-0.3, -0.25) is 9.59 Å². The molecule has 0 spiro atoms. The van der Waals surface area contributed by atoms with E-state index in [4.69, 9.17) is 16.2 Å². The van der Waals surface area contributed by atoms with E-state index in [2.05, 4.69) is 6.92 Å². The monoisotopic (exact) mass is 244 g/mol. The van der Waals surface area contributed by atoms with Crippen LogP contribution in [0.1, 0.15) is 52.4 Å². The Kier molecular flexibility index (Phi) is 7.54. The van der Waals surface area contributed by atoms with E-state index in [0.717, 1.165) is 25.7 Å². The van der Waals surface area contributed by atoms with Crippen LogP contribution in [0.2, 0.25) is 0 Å². The van der Waals surface area contributed by atoms with Gasteiger partial charge in [-0.2, -0.15) is 0 Å². The number of amides is 2. The lowest BCUT2D eigenvalue weighted by Gasteiger charge is -2.29. The highest BCUT2D eigenvalue weighted by atomic mass is 16.5. The van der Waals surface area contributed by atoms with E-state index in [1.807, 2.05) is 6.92 Å². The molecule has 0 aromatic carbocycles. The summed E-state index contributed by atoms with van der Waals surface area (Å²) in [7, 11) is 0. The zero-order chi connectivity index (χ0) is 13.3. The van der Waals surface area contributed by atoms with Gasteiger partial charge in [0.1, 0.15) is 12.2 Å². The van der Waals surface area contributed by atoms with Gasteiger partial charge in [-0.1, -0.05) is 39.5 Å². The van der Waals surface area contributed by atoms with Crippen LogP contribution >= 0.6 is 0 Å². The van der Waals surface area contributed by atoms with E-state index in [1.165, 1.54) is 0 Å². The zero-order valence-corrected chi connectivity index (χ0v) is 10.8. The lowest BCUT2D eigenvalue weighted by atomic mass is 9.92. The second kappa shape index (κ2) is 8.06. The summed E-state index contributed by atoms with van der Waals surface area (Å²) in [6.45, 7) is 3.68. The number of ether oxygens (including phenoxy) is 1. The molecule has 5 heteroatoms. The summed E-state index contributed by atoms with van der Waals surface area (Å²) in [6.07, 6.45) is 5.15.